The van der Waals surface area contributed by atoms with Gasteiger partial charge in [-0.25, -0.2) is 23.1 Å². The van der Waals surface area contributed by atoms with Crippen LogP contribution in [0, 0.1) is 20.8 Å². The van der Waals surface area contributed by atoms with Gasteiger partial charge in [-0.05, 0) is 60.9 Å². The molecule has 32 heavy (non-hydrogen) atoms. The van der Waals surface area contributed by atoms with Crippen LogP contribution < -0.4 is 4.72 Å². The molecule has 0 unspecified atom stereocenters. The molecule has 3 aromatic carbocycles. The molecule has 4 aromatic rings. The van der Waals surface area contributed by atoms with Gasteiger partial charge in [0.2, 0.25) is 10.0 Å². The smallest absolute Gasteiger partial charge is 0.228 e. The minimum Gasteiger partial charge on any atom is -0.228 e. The third-order valence-corrected chi connectivity index (χ3v) is 8.35. The predicted octanol–water partition coefficient (Wildman–Crippen LogP) is 5.42. The predicted molar refractivity (Wildman–Crippen MR) is 128 cm³/mol. The zero-order valence-electron chi connectivity index (χ0n) is 18.0. The van der Waals surface area contributed by atoms with Crippen LogP contribution in [0.5, 0.6) is 0 Å². The number of rotatable bonds is 5. The van der Waals surface area contributed by atoms with Crippen LogP contribution in [0.3, 0.4) is 0 Å². The molecule has 5 rings (SSSR count). The van der Waals surface area contributed by atoms with Gasteiger partial charge in [-0.15, -0.1) is 0 Å². The number of benzene rings is 3. The Morgan fingerprint density at radius 2 is 1.47 bits per heavy atom. The van der Waals surface area contributed by atoms with Crippen LogP contribution in [0.25, 0.3) is 10.8 Å². The van der Waals surface area contributed by atoms with E-state index in [-0.39, 0.29) is 10.1 Å². The minimum atomic E-state index is -3.72. The second kappa shape index (κ2) is 7.99. The van der Waals surface area contributed by atoms with E-state index in [1.807, 2.05) is 57.2 Å². The summed E-state index contributed by atoms with van der Waals surface area (Å²) in [6.07, 6.45) is 0. The Kier molecular flexibility index (Phi) is 5.28. The molecule has 2 atom stereocenters. The number of nitrogens with zero attached hydrogens (tertiary/aromatic N) is 2. The fourth-order valence-electron chi connectivity index (χ4n) is 4.31. The van der Waals surface area contributed by atoms with Gasteiger partial charge in [0.15, 0.2) is 5.16 Å². The number of thioether (sulfide) groups is 1. The molecule has 0 fully saturated rings. The van der Waals surface area contributed by atoms with Crippen LogP contribution in [-0.4, -0.2) is 18.4 Å². The Hall–Kier alpha value is -2.74. The second-order valence-corrected chi connectivity index (χ2v) is 11.0. The number of hydrogen-bond donors (Lipinski definition) is 1. The van der Waals surface area contributed by atoms with Gasteiger partial charge in [-0.1, -0.05) is 65.9 Å². The van der Waals surface area contributed by atoms with Crippen molar-refractivity contribution in [3.63, 3.8) is 0 Å². The van der Waals surface area contributed by atoms with E-state index in [1.165, 1.54) is 11.8 Å². The summed E-state index contributed by atoms with van der Waals surface area (Å²) in [5.74, 6) is 0. The standard InChI is InChI=1S/C25H23N3O2S2/c1-15-10-12-19(13-11-15)32(29,30)28-23-20-8-4-6-18-7-5-9-21(22(18)20)24(23)31-25-26-16(2)14-17(3)27-25/h4-14,23-24,28H,1-3H3/t23-,24-/m1/s1. The quantitative estimate of drug-likeness (QED) is 0.402. The van der Waals surface area contributed by atoms with Crippen molar-refractivity contribution >= 4 is 32.6 Å². The molecule has 5 nitrogen and oxygen atoms in total. The first-order valence-electron chi connectivity index (χ1n) is 10.4. The average molecular weight is 462 g/mol. The summed E-state index contributed by atoms with van der Waals surface area (Å²) in [4.78, 5) is 9.46. The van der Waals surface area contributed by atoms with Crippen molar-refractivity contribution in [2.75, 3.05) is 0 Å². The molecule has 1 aliphatic rings. The number of aromatic nitrogens is 2. The Bertz CT molecular complexity index is 1410. The number of hydrogen-bond acceptors (Lipinski definition) is 5. The van der Waals surface area contributed by atoms with Gasteiger partial charge in [0.1, 0.15) is 0 Å². The Morgan fingerprint density at radius 3 is 2.12 bits per heavy atom. The molecule has 0 saturated heterocycles. The lowest BCUT2D eigenvalue weighted by molar-refractivity contribution is 0.557. The van der Waals surface area contributed by atoms with Gasteiger partial charge in [0.25, 0.3) is 0 Å². The molecule has 1 aliphatic carbocycles. The van der Waals surface area contributed by atoms with Gasteiger partial charge >= 0.3 is 0 Å². The molecule has 0 saturated carbocycles. The maximum Gasteiger partial charge on any atom is 0.241 e. The van der Waals surface area contributed by atoms with Crippen LogP contribution >= 0.6 is 11.8 Å². The monoisotopic (exact) mass is 461 g/mol. The maximum absolute atomic E-state index is 13.3. The summed E-state index contributed by atoms with van der Waals surface area (Å²) >= 11 is 1.51. The molecule has 1 aromatic heterocycles. The summed E-state index contributed by atoms with van der Waals surface area (Å²) in [5.41, 5.74) is 4.89. The largest absolute Gasteiger partial charge is 0.241 e. The average Bonchev–Trinajstić information content (AvgIpc) is 3.02. The van der Waals surface area contributed by atoms with E-state index >= 15 is 0 Å². The number of nitrogens with one attached hydrogen (secondary N) is 1. The zero-order chi connectivity index (χ0) is 22.5. The van der Waals surface area contributed by atoms with E-state index in [9.17, 15) is 8.42 Å². The van der Waals surface area contributed by atoms with E-state index in [0.29, 0.717) is 5.16 Å². The number of aryl methyl sites for hydroxylation is 3. The van der Waals surface area contributed by atoms with Gasteiger partial charge in [-0.2, -0.15) is 0 Å². The second-order valence-electron chi connectivity index (χ2n) is 8.18. The fraction of sp³-hybridized carbons (Fsp3) is 0.200. The summed E-state index contributed by atoms with van der Waals surface area (Å²) < 4.78 is 29.6. The third kappa shape index (κ3) is 3.81. The van der Waals surface area contributed by atoms with Gasteiger partial charge < -0.3 is 0 Å². The van der Waals surface area contributed by atoms with Crippen LogP contribution in [0.1, 0.15) is 39.4 Å². The van der Waals surface area contributed by atoms with Gasteiger partial charge in [-0.3, -0.25) is 0 Å². The molecular weight excluding hydrogens is 438 g/mol. The topological polar surface area (TPSA) is 72.0 Å². The molecule has 162 valence electrons. The van der Waals surface area contributed by atoms with Crippen molar-refractivity contribution < 1.29 is 8.42 Å². The van der Waals surface area contributed by atoms with Crippen molar-refractivity contribution in [2.24, 2.45) is 0 Å². The third-order valence-electron chi connectivity index (χ3n) is 5.72. The molecule has 1 heterocycles. The molecule has 0 spiro atoms. The van der Waals surface area contributed by atoms with Gasteiger partial charge in [0.05, 0.1) is 16.2 Å². The van der Waals surface area contributed by atoms with Crippen molar-refractivity contribution in [3.05, 3.63) is 94.8 Å². The highest BCUT2D eigenvalue weighted by molar-refractivity contribution is 7.99. The van der Waals surface area contributed by atoms with Crippen molar-refractivity contribution in [2.45, 2.75) is 42.1 Å². The summed E-state index contributed by atoms with van der Waals surface area (Å²) in [5, 5.41) is 2.67. The van der Waals surface area contributed by atoms with E-state index in [2.05, 4.69) is 32.9 Å². The fourth-order valence-corrected chi connectivity index (χ4v) is 6.92. The first kappa shape index (κ1) is 21.1. The van der Waals surface area contributed by atoms with Crippen molar-refractivity contribution in [3.8, 4) is 0 Å². The normalized spacial score (nSPS) is 17.7. The summed E-state index contributed by atoms with van der Waals surface area (Å²) in [7, 11) is -3.72. The Morgan fingerprint density at radius 1 is 0.844 bits per heavy atom. The molecule has 0 amide bonds. The van der Waals surface area contributed by atoms with Crippen LogP contribution in [0.4, 0.5) is 0 Å². The van der Waals surface area contributed by atoms with E-state index in [4.69, 9.17) is 0 Å². The van der Waals surface area contributed by atoms with Crippen LogP contribution in [-0.2, 0) is 10.0 Å². The van der Waals surface area contributed by atoms with Crippen molar-refractivity contribution in [1.29, 1.82) is 0 Å². The van der Waals surface area contributed by atoms with Crippen molar-refractivity contribution in [1.82, 2.24) is 14.7 Å². The molecule has 0 radical (unpaired) electrons. The lowest BCUT2D eigenvalue weighted by atomic mass is 10.1. The lowest BCUT2D eigenvalue weighted by Crippen LogP contribution is -2.30. The highest BCUT2D eigenvalue weighted by atomic mass is 32.2. The summed E-state index contributed by atoms with van der Waals surface area (Å²) in [6, 6.07) is 20.6. The van der Waals surface area contributed by atoms with Gasteiger partial charge in [0, 0.05) is 11.4 Å². The molecular formula is C25H23N3O2S2. The lowest BCUT2D eigenvalue weighted by Gasteiger charge is -2.22. The maximum atomic E-state index is 13.3. The van der Waals surface area contributed by atoms with E-state index < -0.39 is 16.1 Å². The van der Waals surface area contributed by atoms with Crippen LogP contribution in [0.15, 0.2) is 76.8 Å². The van der Waals surface area contributed by atoms with E-state index in [0.717, 1.165) is 38.9 Å². The highest BCUT2D eigenvalue weighted by Gasteiger charge is 2.38. The molecule has 7 heteroatoms. The molecule has 1 N–H and O–H groups in total. The Labute approximate surface area is 192 Å². The zero-order valence-corrected chi connectivity index (χ0v) is 19.7. The summed E-state index contributed by atoms with van der Waals surface area (Å²) in [6.45, 7) is 5.83. The highest BCUT2D eigenvalue weighted by Crippen LogP contribution is 2.52. The Balaban J connectivity index is 1.60. The number of sulfonamides is 1. The van der Waals surface area contributed by atoms with E-state index in [1.54, 1.807) is 12.1 Å². The first-order valence-corrected chi connectivity index (χ1v) is 12.8. The molecule has 0 bridgehead atoms. The molecule has 0 aliphatic heterocycles. The first-order chi connectivity index (χ1) is 15.3. The minimum absolute atomic E-state index is 0.183. The SMILES string of the molecule is Cc1ccc(S(=O)(=O)N[C@@H]2c3cccc4cccc(c34)[C@H]2Sc2nc(C)cc(C)n2)cc1. The van der Waals surface area contributed by atoms with Crippen LogP contribution in [0.2, 0.25) is 0 Å².